The number of rotatable bonds is 4. The summed E-state index contributed by atoms with van der Waals surface area (Å²) in [5, 5.41) is 0. The number of anilines is 2. The lowest BCUT2D eigenvalue weighted by molar-refractivity contribution is 0.0909. The van der Waals surface area contributed by atoms with Gasteiger partial charge in [-0.3, -0.25) is 19.2 Å². The van der Waals surface area contributed by atoms with Gasteiger partial charge in [-0.1, -0.05) is 71.8 Å². The first kappa shape index (κ1) is 27.2. The highest BCUT2D eigenvalue weighted by molar-refractivity contribution is 6.36. The fourth-order valence-corrected chi connectivity index (χ4v) is 6.04. The average Bonchev–Trinajstić information content (AvgIpc) is 3.42. The van der Waals surface area contributed by atoms with Crippen LogP contribution in [0, 0.1) is 27.7 Å². The summed E-state index contributed by atoms with van der Waals surface area (Å²) in [6.07, 6.45) is 0. The highest BCUT2D eigenvalue weighted by Gasteiger charge is 2.40. The minimum absolute atomic E-state index is 0.344. The van der Waals surface area contributed by atoms with E-state index in [-0.39, 0.29) is 0 Å². The summed E-state index contributed by atoms with van der Waals surface area (Å²) in [4.78, 5) is 56.7. The molecule has 4 amide bonds. The Bertz CT molecular complexity index is 1920. The van der Waals surface area contributed by atoms with Gasteiger partial charge in [0.2, 0.25) is 0 Å². The molecule has 44 heavy (non-hydrogen) atoms. The number of amides is 4. The number of hydrogen-bond acceptors (Lipinski definition) is 4. The maximum absolute atomic E-state index is 13.7. The third-order valence-electron chi connectivity index (χ3n) is 8.54. The van der Waals surface area contributed by atoms with Gasteiger partial charge in [-0.05, 0) is 97.5 Å². The molecule has 0 N–H and O–H groups in total. The van der Waals surface area contributed by atoms with Gasteiger partial charge in [-0.2, -0.15) is 0 Å². The van der Waals surface area contributed by atoms with Crippen LogP contribution in [0.5, 0.6) is 0 Å². The molecule has 2 heterocycles. The number of fused-ring (bicyclic) bond motifs is 2. The van der Waals surface area contributed by atoms with E-state index in [0.29, 0.717) is 44.8 Å². The zero-order valence-corrected chi connectivity index (χ0v) is 24.8. The minimum Gasteiger partial charge on any atom is -0.268 e. The smallest absolute Gasteiger partial charge is 0.266 e. The Morgan fingerprint density at radius 3 is 1.05 bits per heavy atom. The Kier molecular flexibility index (Phi) is 6.18. The molecule has 0 saturated carbocycles. The number of benzene rings is 5. The van der Waals surface area contributed by atoms with Gasteiger partial charge in [0.1, 0.15) is 0 Å². The zero-order chi connectivity index (χ0) is 30.9. The summed E-state index contributed by atoms with van der Waals surface area (Å²) >= 11 is 0. The molecule has 0 fully saturated rings. The van der Waals surface area contributed by atoms with Crippen molar-refractivity contribution in [2.75, 3.05) is 9.80 Å². The van der Waals surface area contributed by atoms with Crippen LogP contribution in [-0.2, 0) is 0 Å². The van der Waals surface area contributed by atoms with Crippen LogP contribution in [0.3, 0.4) is 0 Å². The van der Waals surface area contributed by atoms with Crippen molar-refractivity contribution >= 4 is 35.0 Å². The second-order valence-electron chi connectivity index (χ2n) is 11.6. The first-order chi connectivity index (χ1) is 21.1. The monoisotopic (exact) mass is 576 g/mol. The molecular weight excluding hydrogens is 548 g/mol. The predicted molar refractivity (Wildman–Crippen MR) is 171 cm³/mol. The van der Waals surface area contributed by atoms with E-state index in [1.165, 1.54) is 9.80 Å². The standard InChI is InChI=1S/C38H28N2O4/c1-21-5-9-25(10-6-21)27-13-15-29-31(19-27)37(43)39(35(29)41)33-17-24(4)34(18-23(33)3)40-36(42)30-16-14-28(20-32(30)38(40)44)26-11-7-22(2)8-12-26/h5-20H,1-4H3. The SMILES string of the molecule is Cc1ccc(-c2ccc3c(c2)C(=O)N(c2cc(C)c(N4C(=O)c5ccc(-c6ccc(C)cc6)cc5C4=O)cc2C)C3=O)cc1. The molecule has 0 unspecified atom stereocenters. The highest BCUT2D eigenvalue weighted by Crippen LogP contribution is 2.39. The molecule has 0 aliphatic carbocycles. The average molecular weight is 577 g/mol. The molecule has 0 saturated heterocycles. The largest absolute Gasteiger partial charge is 0.268 e. The maximum Gasteiger partial charge on any atom is 0.266 e. The molecule has 0 bridgehead atoms. The van der Waals surface area contributed by atoms with Crippen LogP contribution in [0.1, 0.15) is 63.7 Å². The Labute approximate surface area is 255 Å². The second-order valence-corrected chi connectivity index (χ2v) is 11.6. The van der Waals surface area contributed by atoms with E-state index in [0.717, 1.165) is 33.4 Å². The van der Waals surface area contributed by atoms with Crippen LogP contribution < -0.4 is 9.80 Å². The van der Waals surface area contributed by atoms with Crippen LogP contribution in [0.2, 0.25) is 0 Å². The Balaban J connectivity index is 1.21. The first-order valence-electron chi connectivity index (χ1n) is 14.4. The summed E-state index contributed by atoms with van der Waals surface area (Å²) in [6.45, 7) is 7.57. The third kappa shape index (κ3) is 4.18. The van der Waals surface area contributed by atoms with Crippen molar-refractivity contribution in [2.24, 2.45) is 0 Å². The van der Waals surface area contributed by atoms with Crippen molar-refractivity contribution in [3.05, 3.63) is 142 Å². The molecule has 0 radical (unpaired) electrons. The molecule has 0 aromatic heterocycles. The number of carbonyl (C=O) groups is 4. The fourth-order valence-electron chi connectivity index (χ4n) is 6.04. The first-order valence-corrected chi connectivity index (χ1v) is 14.4. The highest BCUT2D eigenvalue weighted by atomic mass is 16.2. The molecule has 2 aliphatic heterocycles. The van der Waals surface area contributed by atoms with Crippen molar-refractivity contribution in [1.29, 1.82) is 0 Å². The molecule has 5 aromatic carbocycles. The van der Waals surface area contributed by atoms with Crippen molar-refractivity contribution in [2.45, 2.75) is 27.7 Å². The second kappa shape index (κ2) is 9.99. The predicted octanol–water partition coefficient (Wildman–Crippen LogP) is 7.86. The molecule has 6 heteroatoms. The number of nitrogens with zero attached hydrogens (tertiary/aromatic N) is 2. The van der Waals surface area contributed by atoms with E-state index in [2.05, 4.69) is 0 Å². The van der Waals surface area contributed by atoms with E-state index in [1.807, 2.05) is 74.5 Å². The molecule has 2 aliphatic rings. The maximum atomic E-state index is 13.7. The van der Waals surface area contributed by atoms with E-state index in [1.54, 1.807) is 50.2 Å². The zero-order valence-electron chi connectivity index (χ0n) is 24.8. The topological polar surface area (TPSA) is 74.8 Å². The van der Waals surface area contributed by atoms with Crippen LogP contribution >= 0.6 is 0 Å². The van der Waals surface area contributed by atoms with Gasteiger partial charge in [-0.15, -0.1) is 0 Å². The molecule has 0 spiro atoms. The lowest BCUT2D eigenvalue weighted by atomic mass is 9.99. The van der Waals surface area contributed by atoms with Crippen molar-refractivity contribution < 1.29 is 19.2 Å². The Hall–Kier alpha value is -5.62. The van der Waals surface area contributed by atoms with Gasteiger partial charge < -0.3 is 0 Å². The molecule has 7 rings (SSSR count). The van der Waals surface area contributed by atoms with Gasteiger partial charge >= 0.3 is 0 Å². The summed E-state index contributed by atoms with van der Waals surface area (Å²) in [6, 6.07) is 30.0. The van der Waals surface area contributed by atoms with Crippen LogP contribution in [-0.4, -0.2) is 23.6 Å². The third-order valence-corrected chi connectivity index (χ3v) is 8.54. The summed E-state index contributed by atoms with van der Waals surface area (Å²) in [5.41, 5.74) is 9.31. The van der Waals surface area contributed by atoms with Crippen LogP contribution in [0.4, 0.5) is 11.4 Å². The van der Waals surface area contributed by atoms with Crippen LogP contribution in [0.25, 0.3) is 22.3 Å². The molecule has 6 nitrogen and oxygen atoms in total. The Morgan fingerprint density at radius 1 is 0.364 bits per heavy atom. The number of hydrogen-bond donors (Lipinski definition) is 0. The quantitative estimate of drug-likeness (QED) is 0.204. The number of aryl methyl sites for hydroxylation is 4. The van der Waals surface area contributed by atoms with Crippen molar-refractivity contribution in [3.63, 3.8) is 0 Å². The molecule has 0 atom stereocenters. The van der Waals surface area contributed by atoms with E-state index in [9.17, 15) is 19.2 Å². The lowest BCUT2D eigenvalue weighted by Gasteiger charge is -2.22. The summed E-state index contributed by atoms with van der Waals surface area (Å²) in [7, 11) is 0. The van der Waals surface area contributed by atoms with Crippen molar-refractivity contribution in [3.8, 4) is 22.3 Å². The van der Waals surface area contributed by atoms with Gasteiger partial charge in [-0.25, -0.2) is 9.80 Å². The number of imide groups is 2. The molecule has 5 aromatic rings. The van der Waals surface area contributed by atoms with Gasteiger partial charge in [0, 0.05) is 0 Å². The van der Waals surface area contributed by atoms with E-state index >= 15 is 0 Å². The number of carbonyl (C=O) groups excluding carboxylic acids is 4. The summed E-state index contributed by atoms with van der Waals surface area (Å²) in [5.74, 6) is -1.61. The van der Waals surface area contributed by atoms with Gasteiger partial charge in [0.25, 0.3) is 23.6 Å². The van der Waals surface area contributed by atoms with E-state index in [4.69, 9.17) is 0 Å². The molecule has 214 valence electrons. The summed E-state index contributed by atoms with van der Waals surface area (Å²) < 4.78 is 0. The fraction of sp³-hybridized carbons (Fsp3) is 0.105. The minimum atomic E-state index is -0.404. The van der Waals surface area contributed by atoms with E-state index < -0.39 is 23.6 Å². The van der Waals surface area contributed by atoms with Crippen LogP contribution in [0.15, 0.2) is 97.1 Å². The lowest BCUT2D eigenvalue weighted by Crippen LogP contribution is -2.32. The van der Waals surface area contributed by atoms with Gasteiger partial charge in [0.15, 0.2) is 0 Å². The van der Waals surface area contributed by atoms with Gasteiger partial charge in [0.05, 0.1) is 33.6 Å². The Morgan fingerprint density at radius 2 is 0.682 bits per heavy atom. The normalized spacial score (nSPS) is 14.0. The van der Waals surface area contributed by atoms with Crippen molar-refractivity contribution in [1.82, 2.24) is 0 Å². The molecular formula is C38H28N2O4.